The molecule has 2 aliphatic heterocycles. The molecule has 0 aromatic carbocycles. The third-order valence-electron chi connectivity index (χ3n) is 8.11. The first-order chi connectivity index (χ1) is 17.9. The highest BCUT2D eigenvalue weighted by molar-refractivity contribution is 6.74. The fraction of sp³-hybridized carbons (Fsp3) is 0.800. The Kier molecular flexibility index (Phi) is 10.5. The van der Waals surface area contributed by atoms with Crippen LogP contribution in [0, 0.1) is 11.8 Å². The van der Waals surface area contributed by atoms with E-state index < -0.39 is 68.3 Å². The minimum absolute atomic E-state index is 0.134. The second kappa shape index (κ2) is 12.6. The number of nitrogens with two attached hydrogens (primary N) is 1. The first kappa shape index (κ1) is 32.5. The highest BCUT2D eigenvalue weighted by atomic mass is 28.4. The average molecular weight is 572 g/mol. The second-order valence-corrected chi connectivity index (χ2v) is 16.9. The van der Waals surface area contributed by atoms with Crippen molar-refractivity contribution in [3.05, 3.63) is 0 Å². The van der Waals surface area contributed by atoms with Crippen LogP contribution in [0.1, 0.15) is 47.5 Å². The van der Waals surface area contributed by atoms with Crippen molar-refractivity contribution in [1.82, 2.24) is 20.4 Å². The molecule has 0 aromatic rings. The van der Waals surface area contributed by atoms with Crippen molar-refractivity contribution in [3.63, 3.8) is 0 Å². The Morgan fingerprint density at radius 2 is 1.49 bits per heavy atom. The van der Waals surface area contributed by atoms with Gasteiger partial charge in [0.05, 0.1) is 24.0 Å². The summed E-state index contributed by atoms with van der Waals surface area (Å²) < 4.78 is 6.30. The van der Waals surface area contributed by atoms with Crippen molar-refractivity contribution < 1.29 is 38.6 Å². The van der Waals surface area contributed by atoms with Gasteiger partial charge in [0.15, 0.2) is 8.32 Å². The highest BCUT2D eigenvalue weighted by Gasteiger charge is 2.44. The molecule has 4 unspecified atom stereocenters. The molecule has 0 aromatic heterocycles. The van der Waals surface area contributed by atoms with Crippen LogP contribution in [0.15, 0.2) is 0 Å². The largest absolute Gasteiger partial charge is 0.465 e. The van der Waals surface area contributed by atoms with E-state index >= 15 is 0 Å². The summed E-state index contributed by atoms with van der Waals surface area (Å²) in [6, 6.07) is -2.33. The number of hydrogen-bond donors (Lipinski definition) is 5. The van der Waals surface area contributed by atoms with Gasteiger partial charge >= 0.3 is 6.09 Å². The summed E-state index contributed by atoms with van der Waals surface area (Å²) >= 11 is 0. The summed E-state index contributed by atoms with van der Waals surface area (Å²) in [4.78, 5) is 65.3. The number of primary amides is 1. The summed E-state index contributed by atoms with van der Waals surface area (Å²) in [5.41, 5.74) is 5.24. The number of nitrogens with zero attached hydrogens (tertiary/aromatic N) is 2. The molecule has 0 bridgehead atoms. The molecule has 0 spiro atoms. The Morgan fingerprint density at radius 1 is 0.949 bits per heavy atom. The van der Waals surface area contributed by atoms with Gasteiger partial charge in [-0.15, -0.1) is 0 Å². The van der Waals surface area contributed by atoms with Crippen LogP contribution in [-0.2, 0) is 23.6 Å². The highest BCUT2D eigenvalue weighted by Crippen LogP contribution is 2.37. The Hall–Kier alpha value is -2.71. The molecule has 39 heavy (non-hydrogen) atoms. The monoisotopic (exact) mass is 571 g/mol. The molecular formula is C25H45N5O8Si. The van der Waals surface area contributed by atoms with Crippen LogP contribution in [0.25, 0.3) is 0 Å². The molecule has 5 amide bonds. The fourth-order valence-corrected chi connectivity index (χ4v) is 6.13. The number of aliphatic hydroxyl groups is 1. The third kappa shape index (κ3) is 8.14. The minimum Gasteiger partial charge on any atom is -0.465 e. The third-order valence-corrected chi connectivity index (χ3v) is 12.7. The van der Waals surface area contributed by atoms with Crippen molar-refractivity contribution in [3.8, 4) is 0 Å². The number of likely N-dealkylation sites (tertiary alicyclic amines) is 2. The molecule has 0 aliphatic carbocycles. The summed E-state index contributed by atoms with van der Waals surface area (Å²) in [5, 5.41) is 23.7. The van der Waals surface area contributed by atoms with Gasteiger partial charge in [-0.05, 0) is 44.8 Å². The van der Waals surface area contributed by atoms with Crippen LogP contribution in [0.3, 0.4) is 0 Å². The van der Waals surface area contributed by atoms with Crippen LogP contribution in [-0.4, -0.2) is 109 Å². The summed E-state index contributed by atoms with van der Waals surface area (Å²) in [6.45, 7) is 14.2. The molecule has 2 heterocycles. The van der Waals surface area contributed by atoms with E-state index in [4.69, 9.17) is 10.2 Å². The summed E-state index contributed by atoms with van der Waals surface area (Å²) in [7, 11) is -2.29. The maximum atomic E-state index is 13.4. The van der Waals surface area contributed by atoms with E-state index in [0.29, 0.717) is 25.9 Å². The first-order valence-electron chi connectivity index (χ1n) is 13.4. The number of carbonyl (C=O) groups is 5. The van der Waals surface area contributed by atoms with E-state index in [0.717, 1.165) is 0 Å². The number of carbonyl (C=O) groups excluding carboxylic acids is 4. The molecule has 2 saturated heterocycles. The molecule has 14 heteroatoms. The lowest BCUT2D eigenvalue weighted by Gasteiger charge is -2.40. The molecule has 2 aliphatic rings. The quantitative estimate of drug-likeness (QED) is 0.228. The molecule has 0 radical (unpaired) electrons. The fourth-order valence-electron chi connectivity index (χ4n) is 4.71. The van der Waals surface area contributed by atoms with E-state index in [1.807, 2.05) is 13.1 Å². The lowest BCUT2D eigenvalue weighted by atomic mass is 10.1. The predicted octanol–water partition coefficient (Wildman–Crippen LogP) is 0.0808. The predicted molar refractivity (Wildman–Crippen MR) is 145 cm³/mol. The number of carboxylic acid groups (broad SMARTS) is 1. The first-order valence-corrected chi connectivity index (χ1v) is 16.3. The number of nitrogens with one attached hydrogen (secondary N) is 2. The van der Waals surface area contributed by atoms with Crippen LogP contribution >= 0.6 is 0 Å². The Morgan fingerprint density at radius 3 is 2.00 bits per heavy atom. The van der Waals surface area contributed by atoms with Gasteiger partial charge in [-0.3, -0.25) is 19.2 Å². The Balaban J connectivity index is 2.01. The van der Waals surface area contributed by atoms with Gasteiger partial charge in [0, 0.05) is 26.2 Å². The number of amides is 5. The number of aliphatic hydroxyl groups excluding tert-OH is 1. The molecule has 2 fully saturated rings. The van der Waals surface area contributed by atoms with Crippen molar-refractivity contribution in [2.75, 3.05) is 26.2 Å². The van der Waals surface area contributed by atoms with Crippen molar-refractivity contribution >= 4 is 38.0 Å². The van der Waals surface area contributed by atoms with E-state index in [1.165, 1.54) is 11.8 Å². The summed E-state index contributed by atoms with van der Waals surface area (Å²) in [6.07, 6.45) is -2.37. The number of hydrogen-bond acceptors (Lipinski definition) is 7. The molecule has 0 saturated carbocycles. The van der Waals surface area contributed by atoms with E-state index in [1.54, 1.807) is 11.8 Å². The van der Waals surface area contributed by atoms with Crippen molar-refractivity contribution in [2.24, 2.45) is 17.6 Å². The zero-order chi connectivity index (χ0) is 29.9. The molecule has 6 N–H and O–H groups in total. The Bertz CT molecular complexity index is 953. The molecule has 2 rings (SSSR count). The van der Waals surface area contributed by atoms with Gasteiger partial charge in [-0.1, -0.05) is 20.8 Å². The van der Waals surface area contributed by atoms with Crippen LogP contribution in [0.4, 0.5) is 4.79 Å². The van der Waals surface area contributed by atoms with Gasteiger partial charge < -0.3 is 40.8 Å². The van der Waals surface area contributed by atoms with Gasteiger partial charge in [0.25, 0.3) is 0 Å². The SMILES string of the molecule is CC(O)C(NC(=O)[C@@H]1CCN(C(=O)[C@H]2CCN(C(=O)C(NC(=O)O)C(C)O[Si](C)(C)C(C)(C)C)C2)C1)C(N)=O. The molecule has 222 valence electrons. The molecule has 6 atom stereocenters. The Labute approximate surface area is 230 Å². The van der Waals surface area contributed by atoms with Crippen molar-refractivity contribution in [1.29, 1.82) is 0 Å². The second-order valence-electron chi connectivity index (χ2n) is 12.2. The summed E-state index contributed by atoms with van der Waals surface area (Å²) in [5.74, 6) is -2.96. The van der Waals surface area contributed by atoms with Gasteiger partial charge in [-0.25, -0.2) is 4.79 Å². The normalized spacial score (nSPS) is 23.1. The maximum absolute atomic E-state index is 13.4. The van der Waals surface area contributed by atoms with Crippen LogP contribution in [0.2, 0.25) is 18.1 Å². The minimum atomic E-state index is -2.29. The maximum Gasteiger partial charge on any atom is 0.405 e. The van der Waals surface area contributed by atoms with Crippen molar-refractivity contribution in [2.45, 2.75) is 89.9 Å². The van der Waals surface area contributed by atoms with E-state index in [9.17, 15) is 34.2 Å². The van der Waals surface area contributed by atoms with E-state index in [-0.39, 0.29) is 24.0 Å². The number of rotatable bonds is 10. The van der Waals surface area contributed by atoms with E-state index in [2.05, 4.69) is 31.4 Å². The van der Waals surface area contributed by atoms with Crippen LogP contribution in [0.5, 0.6) is 0 Å². The van der Waals surface area contributed by atoms with Gasteiger partial charge in [0.1, 0.15) is 12.1 Å². The zero-order valence-corrected chi connectivity index (χ0v) is 25.0. The zero-order valence-electron chi connectivity index (χ0n) is 24.0. The average Bonchev–Trinajstić information content (AvgIpc) is 3.48. The van der Waals surface area contributed by atoms with Gasteiger partial charge in [0.2, 0.25) is 23.6 Å². The standard InChI is InChI=1S/C25H45N5O8Si/c1-14(31)18(20(26)32)27-21(33)16-8-10-29(12-16)22(34)17-9-11-30(13-17)23(35)19(28-24(36)37)15(2)38-39(6,7)25(3,4)5/h14-19,28,31H,8-13H2,1-7H3,(H2,26,32)(H,27,33)(H,36,37)/t14?,15?,16-,17+,18?,19?/m1/s1. The molecular weight excluding hydrogens is 526 g/mol. The van der Waals surface area contributed by atoms with Gasteiger partial charge in [-0.2, -0.15) is 0 Å². The topological polar surface area (TPSA) is 192 Å². The molecule has 13 nitrogen and oxygen atoms in total. The lowest BCUT2D eigenvalue weighted by Crippen LogP contribution is -2.57. The smallest absolute Gasteiger partial charge is 0.405 e. The van der Waals surface area contributed by atoms with Crippen LogP contribution < -0.4 is 16.4 Å². The lowest BCUT2D eigenvalue weighted by molar-refractivity contribution is -0.136.